The topological polar surface area (TPSA) is 64.3 Å². The van der Waals surface area contributed by atoms with Crippen molar-refractivity contribution < 1.29 is 9.90 Å². The van der Waals surface area contributed by atoms with Crippen molar-refractivity contribution >= 4 is 5.97 Å². The van der Waals surface area contributed by atoms with Crippen LogP contribution in [0.4, 0.5) is 0 Å². The van der Waals surface area contributed by atoms with Gasteiger partial charge < -0.3 is 10.0 Å². The van der Waals surface area contributed by atoms with Crippen LogP contribution in [0.3, 0.4) is 0 Å². The summed E-state index contributed by atoms with van der Waals surface area (Å²) < 4.78 is 0. The summed E-state index contributed by atoms with van der Waals surface area (Å²) in [4.78, 5) is 12.5. The Balaban J connectivity index is 3.99. The average Bonchev–Trinajstić information content (AvgIpc) is 2.15. The average molecular weight is 196 g/mol. The van der Waals surface area contributed by atoms with Crippen molar-refractivity contribution in [3.8, 4) is 6.07 Å². The Kier molecular flexibility index (Phi) is 6.42. The van der Waals surface area contributed by atoms with E-state index in [2.05, 4.69) is 0 Å². The summed E-state index contributed by atoms with van der Waals surface area (Å²) in [6.45, 7) is 3.07. The standard InChI is InChI=1S/C10H16N2O2/c1-3-9(10(13)14)5-8-12(2)7-4-6-11/h5H,3-4,7-8H2,1-2H3,(H,13,14). The van der Waals surface area contributed by atoms with Crippen LogP contribution in [0.25, 0.3) is 0 Å². The summed E-state index contributed by atoms with van der Waals surface area (Å²) in [5, 5.41) is 17.1. The summed E-state index contributed by atoms with van der Waals surface area (Å²) >= 11 is 0. The number of carboxylic acids is 1. The third-order valence-corrected chi connectivity index (χ3v) is 1.91. The number of nitriles is 1. The zero-order valence-corrected chi connectivity index (χ0v) is 8.66. The molecule has 4 nitrogen and oxygen atoms in total. The highest BCUT2D eigenvalue weighted by molar-refractivity contribution is 5.86. The number of aliphatic carboxylic acids is 1. The first-order chi connectivity index (χ1) is 6.61. The molecule has 0 rings (SSSR count). The van der Waals surface area contributed by atoms with Crippen LogP contribution < -0.4 is 0 Å². The monoisotopic (exact) mass is 196 g/mol. The van der Waals surface area contributed by atoms with E-state index in [0.717, 1.165) is 0 Å². The maximum Gasteiger partial charge on any atom is 0.331 e. The van der Waals surface area contributed by atoms with Crippen LogP contribution in [0, 0.1) is 11.3 Å². The van der Waals surface area contributed by atoms with Gasteiger partial charge in [-0.2, -0.15) is 5.26 Å². The minimum absolute atomic E-state index is 0.425. The van der Waals surface area contributed by atoms with E-state index in [9.17, 15) is 4.79 Å². The Morgan fingerprint density at radius 2 is 2.29 bits per heavy atom. The van der Waals surface area contributed by atoms with Crippen LogP contribution >= 0.6 is 0 Å². The lowest BCUT2D eigenvalue weighted by molar-refractivity contribution is -0.132. The predicted octanol–water partition coefficient (Wildman–Crippen LogP) is 1.25. The number of hydrogen-bond donors (Lipinski definition) is 1. The molecule has 0 aromatic carbocycles. The van der Waals surface area contributed by atoms with E-state index >= 15 is 0 Å². The number of carboxylic acid groups (broad SMARTS) is 1. The third kappa shape index (κ3) is 5.33. The molecule has 0 aliphatic heterocycles. The van der Waals surface area contributed by atoms with Gasteiger partial charge >= 0.3 is 5.97 Å². The minimum Gasteiger partial charge on any atom is -0.478 e. The molecule has 0 spiro atoms. The second-order valence-electron chi connectivity index (χ2n) is 3.06. The maximum absolute atomic E-state index is 10.6. The summed E-state index contributed by atoms with van der Waals surface area (Å²) in [6.07, 6.45) is 2.69. The molecule has 1 N–H and O–H groups in total. The van der Waals surface area contributed by atoms with E-state index in [-0.39, 0.29) is 0 Å². The summed E-state index contributed by atoms with van der Waals surface area (Å²) in [6, 6.07) is 2.04. The van der Waals surface area contributed by atoms with Crippen LogP contribution in [0.1, 0.15) is 19.8 Å². The van der Waals surface area contributed by atoms with Crippen molar-refractivity contribution in [2.75, 3.05) is 20.1 Å². The van der Waals surface area contributed by atoms with E-state index in [0.29, 0.717) is 31.5 Å². The van der Waals surface area contributed by atoms with Crippen LogP contribution in [-0.4, -0.2) is 36.1 Å². The summed E-state index contributed by atoms with van der Waals surface area (Å²) in [5.74, 6) is -0.860. The number of carbonyl (C=O) groups is 1. The lowest BCUT2D eigenvalue weighted by atomic mass is 10.2. The molecular weight excluding hydrogens is 180 g/mol. The van der Waals surface area contributed by atoms with Gasteiger partial charge in [0.05, 0.1) is 6.07 Å². The number of nitrogens with zero attached hydrogens (tertiary/aromatic N) is 2. The van der Waals surface area contributed by atoms with Crippen molar-refractivity contribution in [3.63, 3.8) is 0 Å². The SMILES string of the molecule is CCC(=CCN(C)CCC#N)C(=O)O. The van der Waals surface area contributed by atoms with E-state index < -0.39 is 5.97 Å². The fourth-order valence-electron chi connectivity index (χ4n) is 0.981. The Morgan fingerprint density at radius 1 is 1.64 bits per heavy atom. The molecule has 14 heavy (non-hydrogen) atoms. The largest absolute Gasteiger partial charge is 0.478 e. The molecule has 0 saturated carbocycles. The highest BCUT2D eigenvalue weighted by atomic mass is 16.4. The molecule has 0 bridgehead atoms. The number of likely N-dealkylation sites (N-methyl/N-ethyl adjacent to an activating group) is 1. The molecule has 0 atom stereocenters. The molecule has 0 aromatic heterocycles. The van der Waals surface area contributed by atoms with Crippen LogP contribution in [0.15, 0.2) is 11.6 Å². The lowest BCUT2D eigenvalue weighted by Crippen LogP contribution is -2.20. The van der Waals surface area contributed by atoms with Crippen molar-refractivity contribution in [3.05, 3.63) is 11.6 Å². The van der Waals surface area contributed by atoms with Crippen LogP contribution in [-0.2, 0) is 4.79 Å². The maximum atomic E-state index is 10.6. The predicted molar refractivity (Wildman–Crippen MR) is 53.7 cm³/mol. The molecule has 0 aliphatic rings. The molecule has 0 saturated heterocycles. The molecule has 0 unspecified atom stereocenters. The van der Waals surface area contributed by atoms with Crippen molar-refractivity contribution in [1.29, 1.82) is 5.26 Å². The van der Waals surface area contributed by atoms with E-state index in [1.165, 1.54) is 0 Å². The van der Waals surface area contributed by atoms with Gasteiger partial charge in [-0.1, -0.05) is 13.0 Å². The zero-order valence-electron chi connectivity index (χ0n) is 8.66. The number of hydrogen-bond acceptors (Lipinski definition) is 3. The van der Waals surface area contributed by atoms with E-state index in [4.69, 9.17) is 10.4 Å². The van der Waals surface area contributed by atoms with E-state index in [1.807, 2.05) is 24.9 Å². The highest BCUT2D eigenvalue weighted by Crippen LogP contribution is 2.00. The molecule has 0 aliphatic carbocycles. The van der Waals surface area contributed by atoms with Crippen molar-refractivity contribution in [1.82, 2.24) is 4.90 Å². The Hall–Kier alpha value is -1.34. The van der Waals surface area contributed by atoms with Crippen LogP contribution in [0.5, 0.6) is 0 Å². The fourth-order valence-corrected chi connectivity index (χ4v) is 0.981. The first-order valence-corrected chi connectivity index (χ1v) is 4.59. The van der Waals surface area contributed by atoms with Gasteiger partial charge in [0.15, 0.2) is 0 Å². The highest BCUT2D eigenvalue weighted by Gasteiger charge is 2.03. The summed E-state index contributed by atoms with van der Waals surface area (Å²) in [5.41, 5.74) is 0.425. The Labute approximate surface area is 84.4 Å². The molecule has 0 heterocycles. The van der Waals surface area contributed by atoms with Crippen molar-refractivity contribution in [2.45, 2.75) is 19.8 Å². The van der Waals surface area contributed by atoms with Gasteiger partial charge in [-0.25, -0.2) is 4.79 Å². The smallest absolute Gasteiger partial charge is 0.331 e. The van der Waals surface area contributed by atoms with Gasteiger partial charge in [-0.3, -0.25) is 0 Å². The first-order valence-electron chi connectivity index (χ1n) is 4.59. The second-order valence-corrected chi connectivity index (χ2v) is 3.06. The van der Waals surface area contributed by atoms with Gasteiger partial charge in [0.1, 0.15) is 0 Å². The Bertz CT molecular complexity index is 253. The normalized spacial score (nSPS) is 11.4. The van der Waals surface area contributed by atoms with Gasteiger partial charge in [-0.15, -0.1) is 0 Å². The van der Waals surface area contributed by atoms with Gasteiger partial charge in [0, 0.05) is 25.1 Å². The number of rotatable bonds is 6. The molecule has 4 heteroatoms. The lowest BCUT2D eigenvalue weighted by Gasteiger charge is -2.11. The fraction of sp³-hybridized carbons (Fsp3) is 0.600. The molecule has 0 amide bonds. The van der Waals surface area contributed by atoms with Crippen molar-refractivity contribution in [2.24, 2.45) is 0 Å². The van der Waals surface area contributed by atoms with Gasteiger partial charge in [-0.05, 0) is 13.5 Å². The summed E-state index contributed by atoms with van der Waals surface area (Å²) in [7, 11) is 1.86. The van der Waals surface area contributed by atoms with Gasteiger partial charge in [0.2, 0.25) is 0 Å². The molecular formula is C10H16N2O2. The molecule has 78 valence electrons. The van der Waals surface area contributed by atoms with Gasteiger partial charge in [0.25, 0.3) is 0 Å². The second kappa shape index (κ2) is 7.10. The minimum atomic E-state index is -0.860. The van der Waals surface area contributed by atoms with Crippen LogP contribution in [0.2, 0.25) is 0 Å². The quantitative estimate of drug-likeness (QED) is 0.649. The molecule has 0 aromatic rings. The molecule has 0 fully saturated rings. The zero-order chi connectivity index (χ0) is 11.0. The van der Waals surface area contributed by atoms with E-state index in [1.54, 1.807) is 6.08 Å². The third-order valence-electron chi connectivity index (χ3n) is 1.91. The molecule has 0 radical (unpaired) electrons. The Morgan fingerprint density at radius 3 is 2.71 bits per heavy atom. The first kappa shape index (κ1) is 12.7.